The predicted molar refractivity (Wildman–Crippen MR) is 126 cm³/mol. The minimum Gasteiger partial charge on any atom is -0.463 e. The van der Waals surface area contributed by atoms with Gasteiger partial charge < -0.3 is 15.0 Å². The highest BCUT2D eigenvalue weighted by molar-refractivity contribution is 6.07. The van der Waals surface area contributed by atoms with Gasteiger partial charge in [0.05, 0.1) is 23.6 Å². The van der Waals surface area contributed by atoms with Gasteiger partial charge in [0, 0.05) is 43.4 Å². The summed E-state index contributed by atoms with van der Waals surface area (Å²) in [5.41, 5.74) is 2.79. The van der Waals surface area contributed by atoms with E-state index in [-0.39, 0.29) is 11.3 Å². The van der Waals surface area contributed by atoms with Crippen molar-refractivity contribution in [1.29, 1.82) is 0 Å². The molecule has 0 bridgehead atoms. The first-order valence-electron chi connectivity index (χ1n) is 11.4. The zero-order chi connectivity index (χ0) is 22.8. The third kappa shape index (κ3) is 4.94. The molecule has 0 atom stereocenters. The molecule has 1 amide bonds. The third-order valence-electron chi connectivity index (χ3n) is 6.12. The number of amides is 1. The molecule has 8 heteroatoms. The first kappa shape index (κ1) is 21.3. The van der Waals surface area contributed by atoms with E-state index in [1.165, 1.54) is 25.2 Å². The molecule has 2 fully saturated rings. The van der Waals surface area contributed by atoms with Crippen molar-refractivity contribution in [2.75, 3.05) is 29.9 Å². The molecule has 0 radical (unpaired) electrons. The van der Waals surface area contributed by atoms with E-state index in [2.05, 4.69) is 44.0 Å². The molecule has 0 unspecified atom stereocenters. The molecule has 3 aromatic rings. The number of carbonyl (C=O) groups excluding carboxylic acids is 1. The highest BCUT2D eigenvalue weighted by Gasteiger charge is 2.32. The van der Waals surface area contributed by atoms with E-state index in [4.69, 9.17) is 4.74 Å². The summed E-state index contributed by atoms with van der Waals surface area (Å²) < 4.78 is 5.59. The number of hydrogen-bond donors (Lipinski definition) is 1. The van der Waals surface area contributed by atoms with Crippen molar-refractivity contribution in [3.8, 4) is 17.3 Å². The van der Waals surface area contributed by atoms with Gasteiger partial charge in [0.25, 0.3) is 5.91 Å². The van der Waals surface area contributed by atoms with Crippen LogP contribution in [0.15, 0.2) is 49.1 Å². The Bertz CT molecular complexity index is 1130. The van der Waals surface area contributed by atoms with Crippen LogP contribution in [-0.4, -0.2) is 45.5 Å². The van der Waals surface area contributed by atoms with E-state index >= 15 is 0 Å². The molecule has 1 N–H and O–H groups in total. The summed E-state index contributed by atoms with van der Waals surface area (Å²) in [6, 6.07) is 7.92. The Hall–Kier alpha value is -3.55. The van der Waals surface area contributed by atoms with E-state index in [0.717, 1.165) is 36.6 Å². The molecular weight excluding hydrogens is 416 g/mol. The second-order valence-electron chi connectivity index (χ2n) is 9.57. The Morgan fingerprint density at radius 3 is 2.61 bits per heavy atom. The lowest BCUT2D eigenvalue weighted by Gasteiger charge is -2.24. The smallest absolute Gasteiger partial charge is 0.316 e. The van der Waals surface area contributed by atoms with E-state index in [1.807, 2.05) is 24.3 Å². The summed E-state index contributed by atoms with van der Waals surface area (Å²) in [6.45, 7) is 6.87. The van der Waals surface area contributed by atoms with Gasteiger partial charge in [-0.25, -0.2) is 15.0 Å². The number of pyridine rings is 2. The van der Waals surface area contributed by atoms with Crippen molar-refractivity contribution in [3.05, 3.63) is 54.6 Å². The minimum absolute atomic E-state index is 0.189. The topological polar surface area (TPSA) is 93.1 Å². The summed E-state index contributed by atoms with van der Waals surface area (Å²) in [6.07, 6.45) is 9.97. The first-order chi connectivity index (χ1) is 16.0. The first-order valence-corrected chi connectivity index (χ1v) is 11.4. The Morgan fingerprint density at radius 1 is 1.12 bits per heavy atom. The van der Waals surface area contributed by atoms with E-state index in [0.29, 0.717) is 29.8 Å². The molecule has 3 aromatic heterocycles. The summed E-state index contributed by atoms with van der Waals surface area (Å²) in [4.78, 5) is 33.0. The molecule has 1 aliphatic carbocycles. The molecule has 1 aliphatic heterocycles. The second-order valence-corrected chi connectivity index (χ2v) is 9.57. The van der Waals surface area contributed by atoms with Gasteiger partial charge in [-0.3, -0.25) is 9.78 Å². The van der Waals surface area contributed by atoms with Crippen LogP contribution in [0.4, 0.5) is 11.5 Å². The van der Waals surface area contributed by atoms with Gasteiger partial charge in [-0.05, 0) is 48.8 Å². The van der Waals surface area contributed by atoms with E-state index in [9.17, 15) is 4.79 Å². The van der Waals surface area contributed by atoms with Crippen LogP contribution in [0.2, 0.25) is 0 Å². The second kappa shape index (κ2) is 8.77. The number of nitrogens with one attached hydrogen (secondary N) is 1. The standard InChI is InChI=1S/C25H28N6O2/c1-25(2)9-12-31(16-25)22-21(19(8-11-27-22)20-5-3-4-10-26-20)30-23(32)18-13-28-24(29-14-18)33-15-17-6-7-17/h3-5,8,10-11,13-14,17H,6-7,9,12,15-16H2,1-2H3,(H,30,32). The van der Waals surface area contributed by atoms with Crippen molar-refractivity contribution in [3.63, 3.8) is 0 Å². The monoisotopic (exact) mass is 444 g/mol. The van der Waals surface area contributed by atoms with Crippen molar-refractivity contribution in [1.82, 2.24) is 19.9 Å². The quantitative estimate of drug-likeness (QED) is 0.583. The largest absolute Gasteiger partial charge is 0.463 e. The fraction of sp³-hybridized carbons (Fsp3) is 0.400. The maximum atomic E-state index is 13.2. The lowest BCUT2D eigenvalue weighted by Crippen LogP contribution is -2.26. The van der Waals surface area contributed by atoms with Gasteiger partial charge >= 0.3 is 6.01 Å². The van der Waals surface area contributed by atoms with Crippen molar-refractivity contribution < 1.29 is 9.53 Å². The number of anilines is 2. The van der Waals surface area contributed by atoms with Crippen LogP contribution in [0.1, 0.15) is 43.5 Å². The molecule has 5 rings (SSSR count). The van der Waals surface area contributed by atoms with E-state index < -0.39 is 0 Å². The minimum atomic E-state index is -0.298. The number of aromatic nitrogens is 4. The maximum absolute atomic E-state index is 13.2. The van der Waals surface area contributed by atoms with Crippen LogP contribution in [-0.2, 0) is 0 Å². The van der Waals surface area contributed by atoms with Crippen molar-refractivity contribution in [2.24, 2.45) is 11.3 Å². The van der Waals surface area contributed by atoms with Gasteiger partial charge in [-0.15, -0.1) is 0 Å². The van der Waals surface area contributed by atoms with Crippen LogP contribution in [0, 0.1) is 11.3 Å². The van der Waals surface area contributed by atoms with Crippen LogP contribution >= 0.6 is 0 Å². The molecule has 0 aromatic carbocycles. The molecule has 1 saturated carbocycles. The molecule has 170 valence electrons. The number of ether oxygens (including phenoxy) is 1. The maximum Gasteiger partial charge on any atom is 0.316 e. The summed E-state index contributed by atoms with van der Waals surface area (Å²) >= 11 is 0. The zero-order valence-electron chi connectivity index (χ0n) is 19.0. The van der Waals surface area contributed by atoms with Gasteiger partial charge in [0.1, 0.15) is 0 Å². The highest BCUT2D eigenvalue weighted by atomic mass is 16.5. The lowest BCUT2D eigenvalue weighted by atomic mass is 9.93. The summed E-state index contributed by atoms with van der Waals surface area (Å²) in [5.74, 6) is 1.07. The lowest BCUT2D eigenvalue weighted by molar-refractivity contribution is 0.102. The average molecular weight is 445 g/mol. The van der Waals surface area contributed by atoms with Gasteiger partial charge in [0.2, 0.25) is 0 Å². The Kier molecular flexibility index (Phi) is 5.66. The Morgan fingerprint density at radius 2 is 1.94 bits per heavy atom. The molecular formula is C25H28N6O2. The summed E-state index contributed by atoms with van der Waals surface area (Å²) in [5, 5.41) is 3.07. The highest BCUT2D eigenvalue weighted by Crippen LogP contribution is 2.39. The van der Waals surface area contributed by atoms with E-state index in [1.54, 1.807) is 12.4 Å². The molecule has 4 heterocycles. The van der Waals surface area contributed by atoms with Gasteiger partial charge in [-0.1, -0.05) is 19.9 Å². The molecule has 0 spiro atoms. The van der Waals surface area contributed by atoms with Crippen LogP contribution in [0.25, 0.3) is 11.3 Å². The van der Waals surface area contributed by atoms with Crippen molar-refractivity contribution in [2.45, 2.75) is 33.1 Å². The number of rotatable bonds is 7. The average Bonchev–Trinajstić information content (AvgIpc) is 3.59. The third-order valence-corrected chi connectivity index (χ3v) is 6.12. The Balaban J connectivity index is 1.43. The van der Waals surface area contributed by atoms with Gasteiger partial charge in [-0.2, -0.15) is 0 Å². The zero-order valence-corrected chi connectivity index (χ0v) is 19.0. The van der Waals surface area contributed by atoms with Crippen molar-refractivity contribution >= 4 is 17.4 Å². The molecule has 33 heavy (non-hydrogen) atoms. The number of nitrogens with zero attached hydrogens (tertiary/aromatic N) is 5. The SMILES string of the molecule is CC1(C)CCN(c2nccc(-c3ccccn3)c2NC(=O)c2cnc(OCC3CC3)nc2)C1. The normalized spacial score (nSPS) is 17.1. The van der Waals surface area contributed by atoms with Gasteiger partial charge in [0.15, 0.2) is 5.82 Å². The number of carbonyl (C=O) groups is 1. The molecule has 8 nitrogen and oxygen atoms in total. The van der Waals surface area contributed by atoms with Crippen LogP contribution in [0.5, 0.6) is 6.01 Å². The number of hydrogen-bond acceptors (Lipinski definition) is 7. The fourth-order valence-electron chi connectivity index (χ4n) is 4.01. The predicted octanol–water partition coefficient (Wildman–Crippen LogP) is 4.21. The summed E-state index contributed by atoms with van der Waals surface area (Å²) in [7, 11) is 0. The molecule has 1 saturated heterocycles. The van der Waals surface area contributed by atoms with Crippen LogP contribution in [0.3, 0.4) is 0 Å². The Labute approximate surface area is 193 Å². The fourth-order valence-corrected chi connectivity index (χ4v) is 4.01. The molecule has 2 aliphatic rings. The van der Waals surface area contributed by atoms with Crippen LogP contribution < -0.4 is 15.0 Å².